The van der Waals surface area contributed by atoms with Crippen LogP contribution in [-0.4, -0.2) is 30.7 Å². The summed E-state index contributed by atoms with van der Waals surface area (Å²) in [5.74, 6) is -0.536. The normalized spacial score (nSPS) is 29.7. The number of anilines is 2. The third kappa shape index (κ3) is 6.83. The van der Waals surface area contributed by atoms with E-state index < -0.39 is 29.8 Å². The second kappa shape index (κ2) is 14.8. The molecule has 2 fully saturated rings. The van der Waals surface area contributed by atoms with Gasteiger partial charge in [0.2, 0.25) is 0 Å². The van der Waals surface area contributed by atoms with Crippen LogP contribution < -0.4 is 22.1 Å². The summed E-state index contributed by atoms with van der Waals surface area (Å²) in [5.41, 5.74) is 18.8. The van der Waals surface area contributed by atoms with Gasteiger partial charge in [-0.1, -0.05) is 63.9 Å². The molecule has 304 valence electrons. The highest BCUT2D eigenvalue weighted by Gasteiger charge is 2.64. The Morgan fingerprint density at radius 2 is 1.21 bits per heavy atom. The first-order valence-corrected chi connectivity index (χ1v) is 21.7. The predicted octanol–water partition coefficient (Wildman–Crippen LogP) is 10.3. The first-order valence-electron chi connectivity index (χ1n) is 20.1. The van der Waals surface area contributed by atoms with Gasteiger partial charge < -0.3 is 31.6 Å². The van der Waals surface area contributed by atoms with Crippen molar-refractivity contribution in [2.24, 2.45) is 39.2 Å². The van der Waals surface area contributed by atoms with Crippen LogP contribution in [-0.2, 0) is 33.4 Å². The monoisotopic (exact) mass is 918 g/mol. The number of hydrogen-bond donors (Lipinski definition) is 4. The van der Waals surface area contributed by atoms with Crippen molar-refractivity contribution in [1.29, 1.82) is 0 Å². The van der Waals surface area contributed by atoms with Gasteiger partial charge in [-0.25, -0.2) is 23.2 Å². The SMILES string of the molecule is Cc1ccc(N[C@H]2CCc3cc(Br)ccc32)cc1[C@@]1(C(C)C)N=C(N)O[C@@H]2C[C@@H]21.NC1=N[C@@](c2cc(N[C@@H]3CCc4cc(Br)ccc43)ccc2F)(C(F)F)[C@H]2C[C@H]2O1. The number of alkyl halides is 2. The number of rotatable bonds is 8. The fraction of sp³-hybridized carbons (Fsp3) is 0.422. The maximum atomic E-state index is 14.8. The van der Waals surface area contributed by atoms with E-state index in [0.29, 0.717) is 36.0 Å². The van der Waals surface area contributed by atoms with Crippen LogP contribution in [0.5, 0.6) is 0 Å². The molecule has 0 radical (unpaired) electrons. The fourth-order valence-corrected chi connectivity index (χ4v) is 10.9. The van der Waals surface area contributed by atoms with Crippen LogP contribution >= 0.6 is 31.9 Å². The number of amidine groups is 2. The van der Waals surface area contributed by atoms with Crippen molar-refractivity contribution < 1.29 is 22.6 Å². The lowest BCUT2D eigenvalue weighted by molar-refractivity contribution is 0.0177. The zero-order valence-corrected chi connectivity index (χ0v) is 35.7. The molecule has 2 aliphatic heterocycles. The van der Waals surface area contributed by atoms with E-state index in [-0.39, 0.29) is 29.3 Å². The van der Waals surface area contributed by atoms with Gasteiger partial charge in [0, 0.05) is 37.7 Å². The molecule has 10 rings (SSSR count). The van der Waals surface area contributed by atoms with Gasteiger partial charge in [-0.3, -0.25) is 0 Å². The molecule has 2 heterocycles. The summed E-state index contributed by atoms with van der Waals surface area (Å²) in [5, 5.41) is 7.17. The molecular formula is C45H47Br2F3N6O2. The Balaban J connectivity index is 0.000000150. The van der Waals surface area contributed by atoms with Gasteiger partial charge in [0.15, 0.2) is 5.54 Å². The summed E-state index contributed by atoms with van der Waals surface area (Å²) >= 11 is 7.07. The highest BCUT2D eigenvalue weighted by Crippen LogP contribution is 2.58. The maximum Gasteiger partial charge on any atom is 0.283 e. The molecule has 4 aromatic rings. The van der Waals surface area contributed by atoms with Gasteiger partial charge in [0.05, 0.1) is 12.1 Å². The summed E-state index contributed by atoms with van der Waals surface area (Å²) < 4.78 is 56.4. The highest BCUT2D eigenvalue weighted by molar-refractivity contribution is 9.10. The molecule has 6 aliphatic rings. The lowest BCUT2D eigenvalue weighted by Gasteiger charge is -2.38. The van der Waals surface area contributed by atoms with Crippen molar-refractivity contribution in [2.45, 2.75) is 101 Å². The first-order chi connectivity index (χ1) is 27.8. The lowest BCUT2D eigenvalue weighted by atomic mass is 9.74. The van der Waals surface area contributed by atoms with Gasteiger partial charge in [-0.2, -0.15) is 0 Å². The molecule has 0 unspecified atom stereocenters. The van der Waals surface area contributed by atoms with Crippen molar-refractivity contribution in [3.8, 4) is 0 Å². The molecule has 0 aromatic heterocycles. The van der Waals surface area contributed by atoms with E-state index in [1.807, 2.05) is 12.1 Å². The highest BCUT2D eigenvalue weighted by atomic mass is 79.9. The zero-order valence-electron chi connectivity index (χ0n) is 32.5. The quantitative estimate of drug-likeness (QED) is 0.140. The van der Waals surface area contributed by atoms with E-state index in [9.17, 15) is 13.2 Å². The molecule has 0 amide bonds. The van der Waals surface area contributed by atoms with Gasteiger partial charge >= 0.3 is 0 Å². The number of halogens is 5. The number of aliphatic imine (C=N–C) groups is 2. The Morgan fingerprint density at radius 3 is 1.74 bits per heavy atom. The number of ether oxygens (including phenoxy) is 2. The second-order valence-electron chi connectivity index (χ2n) is 16.9. The van der Waals surface area contributed by atoms with Crippen LogP contribution in [0.3, 0.4) is 0 Å². The van der Waals surface area contributed by atoms with Crippen LogP contribution in [0, 0.1) is 30.5 Å². The number of hydrogen-bond acceptors (Lipinski definition) is 8. The topological polar surface area (TPSA) is 119 Å². The minimum Gasteiger partial charge on any atom is -0.462 e. The third-order valence-electron chi connectivity index (χ3n) is 13.1. The van der Waals surface area contributed by atoms with Crippen molar-refractivity contribution in [1.82, 2.24) is 0 Å². The third-order valence-corrected chi connectivity index (χ3v) is 14.0. The largest absolute Gasteiger partial charge is 0.462 e. The average Bonchev–Trinajstić information content (AvgIpc) is 4.07. The van der Waals surface area contributed by atoms with E-state index >= 15 is 0 Å². The van der Waals surface area contributed by atoms with E-state index in [1.54, 1.807) is 6.07 Å². The van der Waals surface area contributed by atoms with E-state index in [1.165, 1.54) is 45.5 Å². The fourth-order valence-electron chi connectivity index (χ4n) is 10.1. The number of nitrogens with zero attached hydrogens (tertiary/aromatic N) is 2. The molecule has 0 saturated heterocycles. The molecule has 0 spiro atoms. The Labute approximate surface area is 353 Å². The number of benzene rings is 4. The smallest absolute Gasteiger partial charge is 0.283 e. The molecule has 4 aromatic carbocycles. The minimum absolute atomic E-state index is 0.0378. The van der Waals surface area contributed by atoms with Crippen LogP contribution in [0.1, 0.15) is 90.6 Å². The second-order valence-corrected chi connectivity index (χ2v) is 18.7. The number of nitrogens with one attached hydrogen (secondary N) is 2. The molecule has 4 aliphatic carbocycles. The van der Waals surface area contributed by atoms with Crippen LogP contribution in [0.2, 0.25) is 0 Å². The first kappa shape index (κ1) is 39.2. The number of nitrogens with two attached hydrogens (primary N) is 2. The summed E-state index contributed by atoms with van der Waals surface area (Å²) in [7, 11) is 0. The van der Waals surface area contributed by atoms with Gasteiger partial charge in [0.1, 0.15) is 23.6 Å². The average molecular weight is 921 g/mol. The summed E-state index contributed by atoms with van der Waals surface area (Å²) in [6.07, 6.45) is 2.33. The van der Waals surface area contributed by atoms with Crippen LogP contribution in [0.4, 0.5) is 24.5 Å². The predicted molar refractivity (Wildman–Crippen MR) is 229 cm³/mol. The Hall–Kier alpha value is -4.23. The molecule has 58 heavy (non-hydrogen) atoms. The van der Waals surface area contributed by atoms with E-state index in [0.717, 1.165) is 46.7 Å². The molecule has 2 saturated carbocycles. The van der Waals surface area contributed by atoms with Crippen LogP contribution in [0.15, 0.2) is 91.7 Å². The van der Waals surface area contributed by atoms with E-state index in [2.05, 4.69) is 111 Å². The summed E-state index contributed by atoms with van der Waals surface area (Å²) in [4.78, 5) is 8.86. The Kier molecular flexibility index (Phi) is 10.0. The minimum atomic E-state index is -2.89. The van der Waals surface area contributed by atoms with Crippen molar-refractivity contribution in [3.05, 3.63) is 127 Å². The summed E-state index contributed by atoms with van der Waals surface area (Å²) in [6.45, 7) is 6.69. The van der Waals surface area contributed by atoms with Gasteiger partial charge in [-0.15, -0.1) is 0 Å². The summed E-state index contributed by atoms with van der Waals surface area (Å²) in [6, 6.07) is 24.1. The molecule has 8 atom stereocenters. The lowest BCUT2D eigenvalue weighted by Crippen LogP contribution is -2.43. The maximum absolute atomic E-state index is 14.8. The van der Waals surface area contributed by atoms with Crippen molar-refractivity contribution in [3.63, 3.8) is 0 Å². The molecule has 0 bridgehead atoms. The zero-order chi connectivity index (χ0) is 40.7. The number of fused-ring (bicyclic) bond motifs is 4. The molecule has 8 nitrogen and oxygen atoms in total. The Morgan fingerprint density at radius 1 is 0.707 bits per heavy atom. The van der Waals surface area contributed by atoms with Crippen LogP contribution in [0.25, 0.3) is 0 Å². The van der Waals surface area contributed by atoms with Crippen molar-refractivity contribution >= 4 is 55.3 Å². The standard InChI is InChI=1S/C24H28BrN3O.C21H19BrF3N3O/c1-13(2)24(20-12-22(20)29-23(26)28-24)19-11-17(7-4-14(19)3)27-21-9-5-15-10-16(25)6-8-18(15)21;22-11-2-4-13-10(7-11)1-6-17(13)27-12-3-5-16(23)14(8-12)21(19(24)25)15-9-18(15)29-20(26)28-21/h4,6-8,10-11,13,20-22,27H,5,9,12H2,1-3H3,(H2,26,28);2-5,7-8,15,17-19,27H,1,6,9H2,(H2,26,28)/t20-,21-,22+,24+;15-,17+,18+,21+/m00/s1. The van der Waals surface area contributed by atoms with Gasteiger partial charge in [0.25, 0.3) is 18.5 Å². The molecular weight excluding hydrogens is 873 g/mol. The van der Waals surface area contributed by atoms with Crippen molar-refractivity contribution in [2.75, 3.05) is 10.6 Å². The Bertz CT molecular complexity index is 2180. The van der Waals surface area contributed by atoms with Gasteiger partial charge in [-0.05, 0) is 139 Å². The molecule has 6 N–H and O–H groups in total. The molecule has 13 heteroatoms. The number of aryl methyl sites for hydroxylation is 3. The van der Waals surface area contributed by atoms with E-state index in [4.69, 9.17) is 25.9 Å².